The van der Waals surface area contributed by atoms with Crippen molar-refractivity contribution < 1.29 is 19.0 Å². The van der Waals surface area contributed by atoms with Gasteiger partial charge in [0, 0.05) is 5.56 Å². The van der Waals surface area contributed by atoms with E-state index in [9.17, 15) is 4.79 Å². The summed E-state index contributed by atoms with van der Waals surface area (Å²) in [4.78, 5) is 12.7. The van der Waals surface area contributed by atoms with Gasteiger partial charge in [-0.15, -0.1) is 0 Å². The average Bonchev–Trinajstić information content (AvgIpc) is 2.45. The van der Waals surface area contributed by atoms with Crippen molar-refractivity contribution in [3.63, 3.8) is 0 Å². The fourth-order valence-electron chi connectivity index (χ4n) is 2.66. The Balaban J connectivity index is 3.54. The first-order valence-corrected chi connectivity index (χ1v) is 8.29. The van der Waals surface area contributed by atoms with Gasteiger partial charge in [-0.25, -0.2) is 4.79 Å². The zero-order valence-electron chi connectivity index (χ0n) is 15.5. The topological polar surface area (TPSA) is 44.8 Å². The molecule has 0 unspecified atom stereocenters. The number of carbonyl (C=O) groups excluding carboxylic acids is 1. The maximum Gasteiger partial charge on any atom is 0.342 e. The lowest BCUT2D eigenvalue weighted by atomic mass is 9.95. The minimum Gasteiger partial charge on any atom is -0.496 e. The minimum absolute atomic E-state index is 0.362. The molecule has 1 aromatic rings. The van der Waals surface area contributed by atoms with Crippen LogP contribution in [0.3, 0.4) is 0 Å². The molecule has 23 heavy (non-hydrogen) atoms. The average molecular weight is 322 g/mol. The number of esters is 1. The Bertz CT molecular complexity index is 541. The minimum atomic E-state index is -0.555. The van der Waals surface area contributed by atoms with Crippen molar-refractivity contribution in [1.29, 1.82) is 0 Å². The Morgan fingerprint density at radius 2 is 1.65 bits per heavy atom. The fourth-order valence-corrected chi connectivity index (χ4v) is 2.66. The number of carbonyl (C=O) groups is 1. The molecule has 0 radical (unpaired) electrons. The highest BCUT2D eigenvalue weighted by molar-refractivity contribution is 5.95. The summed E-state index contributed by atoms with van der Waals surface area (Å²) in [6.07, 6.45) is 3.53. The quantitative estimate of drug-likeness (QED) is 0.690. The smallest absolute Gasteiger partial charge is 0.342 e. The van der Waals surface area contributed by atoms with Gasteiger partial charge in [0.2, 0.25) is 0 Å². The highest BCUT2D eigenvalue weighted by Gasteiger charge is 2.27. The molecule has 130 valence electrons. The van der Waals surface area contributed by atoms with Crippen LogP contribution >= 0.6 is 0 Å². The summed E-state index contributed by atoms with van der Waals surface area (Å²) in [5.41, 5.74) is 1.89. The van der Waals surface area contributed by atoms with Crippen molar-refractivity contribution in [2.24, 2.45) is 0 Å². The molecule has 0 fully saturated rings. The highest BCUT2D eigenvalue weighted by atomic mass is 16.6. The van der Waals surface area contributed by atoms with E-state index < -0.39 is 5.60 Å². The lowest BCUT2D eigenvalue weighted by Crippen LogP contribution is -2.25. The molecule has 0 aliphatic rings. The van der Waals surface area contributed by atoms with Crippen molar-refractivity contribution >= 4 is 5.97 Å². The van der Waals surface area contributed by atoms with Gasteiger partial charge in [-0.05, 0) is 45.2 Å². The molecule has 0 N–H and O–H groups in total. The number of methoxy groups -OCH3 is 2. The van der Waals surface area contributed by atoms with Gasteiger partial charge in [-0.3, -0.25) is 0 Å². The summed E-state index contributed by atoms with van der Waals surface area (Å²) in [7, 11) is 3.24. The monoisotopic (exact) mass is 322 g/mol. The third kappa shape index (κ3) is 4.88. The van der Waals surface area contributed by atoms with Crippen LogP contribution in [-0.4, -0.2) is 25.8 Å². The summed E-state index contributed by atoms with van der Waals surface area (Å²) in [6, 6.07) is 1.90. The van der Waals surface area contributed by atoms with E-state index in [-0.39, 0.29) is 5.97 Å². The molecule has 0 aromatic heterocycles. The number of aryl methyl sites for hydroxylation is 1. The van der Waals surface area contributed by atoms with E-state index in [1.54, 1.807) is 14.2 Å². The molecule has 1 rings (SSSR count). The van der Waals surface area contributed by atoms with Gasteiger partial charge in [0.05, 0.1) is 14.2 Å². The van der Waals surface area contributed by atoms with E-state index in [1.807, 2.05) is 26.8 Å². The molecule has 0 heterocycles. The molecule has 0 aliphatic carbocycles. The van der Waals surface area contributed by atoms with Gasteiger partial charge in [-0.1, -0.05) is 26.7 Å². The van der Waals surface area contributed by atoms with Gasteiger partial charge < -0.3 is 14.2 Å². The first kappa shape index (κ1) is 19.3. The second kappa shape index (κ2) is 8.23. The van der Waals surface area contributed by atoms with Crippen molar-refractivity contribution in [1.82, 2.24) is 0 Å². The van der Waals surface area contributed by atoms with Crippen LogP contribution in [0.1, 0.15) is 68.9 Å². The van der Waals surface area contributed by atoms with Crippen molar-refractivity contribution in [3.8, 4) is 11.5 Å². The Labute approximate surface area is 140 Å². The van der Waals surface area contributed by atoms with Crippen LogP contribution in [0, 0.1) is 0 Å². The molecule has 0 saturated carbocycles. The lowest BCUT2D eigenvalue weighted by molar-refractivity contribution is 0.00648. The summed E-state index contributed by atoms with van der Waals surface area (Å²) >= 11 is 0. The number of hydrogen-bond acceptors (Lipinski definition) is 4. The molecule has 0 atom stereocenters. The first-order chi connectivity index (χ1) is 10.8. The van der Waals surface area contributed by atoms with Gasteiger partial charge in [0.15, 0.2) is 0 Å². The Morgan fingerprint density at radius 3 is 2.09 bits per heavy atom. The summed E-state index contributed by atoms with van der Waals surface area (Å²) in [6.45, 7) is 9.78. The van der Waals surface area contributed by atoms with E-state index in [4.69, 9.17) is 14.2 Å². The molecule has 0 bridgehead atoms. The van der Waals surface area contributed by atoms with Crippen LogP contribution < -0.4 is 9.47 Å². The molecular formula is C19H30O4. The van der Waals surface area contributed by atoms with E-state index in [0.717, 1.165) is 42.6 Å². The zero-order valence-corrected chi connectivity index (χ0v) is 15.5. The fraction of sp³-hybridized carbons (Fsp3) is 0.632. The van der Waals surface area contributed by atoms with E-state index in [1.165, 1.54) is 0 Å². The summed E-state index contributed by atoms with van der Waals surface area (Å²) in [5.74, 6) is 0.987. The van der Waals surface area contributed by atoms with Crippen LogP contribution in [0.2, 0.25) is 0 Å². The van der Waals surface area contributed by atoms with E-state index in [2.05, 4.69) is 13.8 Å². The standard InChI is InChI=1S/C19H30O4/c1-8-10-13-12-15(21-6)16(18(20)23-19(3,4)5)14(11-9-2)17(13)22-7/h12H,8-11H2,1-7H3. The van der Waals surface area contributed by atoms with Crippen molar-refractivity contribution in [2.45, 2.75) is 65.9 Å². The predicted octanol–water partition coefficient (Wildman–Crippen LogP) is 4.56. The number of hydrogen-bond donors (Lipinski definition) is 0. The number of ether oxygens (including phenoxy) is 3. The molecule has 0 spiro atoms. The molecule has 0 saturated heterocycles. The third-order valence-electron chi connectivity index (χ3n) is 3.47. The number of rotatable bonds is 7. The Kier molecular flexibility index (Phi) is 6.92. The van der Waals surface area contributed by atoms with E-state index in [0.29, 0.717) is 11.3 Å². The van der Waals surface area contributed by atoms with Gasteiger partial charge in [0.25, 0.3) is 0 Å². The van der Waals surface area contributed by atoms with Crippen molar-refractivity contribution in [3.05, 3.63) is 22.8 Å². The summed E-state index contributed by atoms with van der Waals surface area (Å²) < 4.78 is 16.7. The molecule has 0 amide bonds. The van der Waals surface area contributed by atoms with Crippen molar-refractivity contribution in [2.75, 3.05) is 14.2 Å². The van der Waals surface area contributed by atoms with Crippen LogP contribution in [-0.2, 0) is 17.6 Å². The van der Waals surface area contributed by atoms with Crippen LogP contribution in [0.4, 0.5) is 0 Å². The van der Waals surface area contributed by atoms with Crippen LogP contribution in [0.15, 0.2) is 6.07 Å². The maximum atomic E-state index is 12.7. The molecule has 1 aromatic carbocycles. The lowest BCUT2D eigenvalue weighted by Gasteiger charge is -2.24. The zero-order chi connectivity index (χ0) is 17.6. The SMILES string of the molecule is CCCc1cc(OC)c(C(=O)OC(C)(C)C)c(CCC)c1OC. The predicted molar refractivity (Wildman–Crippen MR) is 92.7 cm³/mol. The Morgan fingerprint density at radius 1 is 1.04 bits per heavy atom. The van der Waals surface area contributed by atoms with Crippen LogP contribution in [0.5, 0.6) is 11.5 Å². The first-order valence-electron chi connectivity index (χ1n) is 8.29. The second-order valence-electron chi connectivity index (χ2n) is 6.63. The largest absolute Gasteiger partial charge is 0.496 e. The number of benzene rings is 1. The second-order valence-corrected chi connectivity index (χ2v) is 6.63. The van der Waals surface area contributed by atoms with Crippen LogP contribution in [0.25, 0.3) is 0 Å². The molecule has 4 heteroatoms. The van der Waals surface area contributed by atoms with Gasteiger partial charge in [0.1, 0.15) is 22.7 Å². The van der Waals surface area contributed by atoms with E-state index >= 15 is 0 Å². The summed E-state index contributed by atoms with van der Waals surface area (Å²) in [5, 5.41) is 0. The maximum absolute atomic E-state index is 12.7. The van der Waals surface area contributed by atoms with Gasteiger partial charge >= 0.3 is 5.97 Å². The molecular weight excluding hydrogens is 292 g/mol. The Hall–Kier alpha value is -1.71. The normalized spacial score (nSPS) is 11.3. The molecule has 0 aliphatic heterocycles. The van der Waals surface area contributed by atoms with Gasteiger partial charge in [-0.2, -0.15) is 0 Å². The third-order valence-corrected chi connectivity index (χ3v) is 3.47. The highest BCUT2D eigenvalue weighted by Crippen LogP contribution is 2.37. The molecule has 4 nitrogen and oxygen atoms in total.